The number of carbonyl (C=O) groups is 1. The zero-order valence-corrected chi connectivity index (χ0v) is 9.62. The van der Waals surface area contributed by atoms with Gasteiger partial charge in [0.1, 0.15) is 5.75 Å². The van der Waals surface area contributed by atoms with Gasteiger partial charge in [0.15, 0.2) is 0 Å². The molecule has 0 radical (unpaired) electrons. The first-order valence-electron chi connectivity index (χ1n) is 5.55. The molecule has 0 saturated heterocycles. The molecule has 86 valence electrons. The molecule has 0 bridgehead atoms. The smallest absolute Gasteiger partial charge is 0.314 e. The number of carboxylic acid groups (broad SMARTS) is 1. The van der Waals surface area contributed by atoms with Crippen molar-refractivity contribution in [3.63, 3.8) is 0 Å². The maximum absolute atomic E-state index is 11.3. The number of benzene rings is 1. The monoisotopic (exact) mass is 220 g/mol. The molecule has 16 heavy (non-hydrogen) atoms. The Morgan fingerprint density at radius 1 is 1.50 bits per heavy atom. The van der Waals surface area contributed by atoms with Crippen molar-refractivity contribution in [1.29, 1.82) is 0 Å². The Morgan fingerprint density at radius 3 is 2.62 bits per heavy atom. The van der Waals surface area contributed by atoms with Gasteiger partial charge < -0.3 is 9.84 Å². The summed E-state index contributed by atoms with van der Waals surface area (Å²) in [6.45, 7) is 2.07. The van der Waals surface area contributed by atoms with Gasteiger partial charge in [0, 0.05) is 5.56 Å². The summed E-state index contributed by atoms with van der Waals surface area (Å²) in [5.41, 5.74) is 1.30. The number of hydrogen-bond donors (Lipinski definition) is 1. The predicted molar refractivity (Wildman–Crippen MR) is 60.9 cm³/mol. The molecule has 3 heteroatoms. The maximum Gasteiger partial charge on any atom is 0.314 e. The SMILES string of the molecule is CCc1ccc(C2(C(=O)O)CC2)c(OC)c1. The quantitative estimate of drug-likeness (QED) is 0.847. The van der Waals surface area contributed by atoms with E-state index in [0.717, 1.165) is 12.0 Å². The summed E-state index contributed by atoms with van der Waals surface area (Å²) in [7, 11) is 1.59. The van der Waals surface area contributed by atoms with Gasteiger partial charge in [-0.15, -0.1) is 0 Å². The van der Waals surface area contributed by atoms with Crippen LogP contribution in [-0.2, 0) is 16.6 Å². The number of ether oxygens (including phenoxy) is 1. The zero-order chi connectivity index (χ0) is 11.8. The molecular weight excluding hydrogens is 204 g/mol. The number of methoxy groups -OCH3 is 1. The minimum atomic E-state index is -0.741. The fourth-order valence-corrected chi connectivity index (χ4v) is 2.07. The molecule has 0 atom stereocenters. The second-order valence-corrected chi connectivity index (χ2v) is 4.28. The Balaban J connectivity index is 2.45. The highest BCUT2D eigenvalue weighted by molar-refractivity contribution is 5.86. The van der Waals surface area contributed by atoms with E-state index >= 15 is 0 Å². The molecule has 0 aliphatic heterocycles. The van der Waals surface area contributed by atoms with E-state index in [9.17, 15) is 9.90 Å². The molecule has 0 heterocycles. The predicted octanol–water partition coefficient (Wildman–Crippen LogP) is 2.37. The van der Waals surface area contributed by atoms with Crippen LogP contribution in [0, 0.1) is 0 Å². The molecule has 1 fully saturated rings. The number of rotatable bonds is 4. The molecule has 1 aliphatic carbocycles. The van der Waals surface area contributed by atoms with Crippen molar-refractivity contribution in [2.75, 3.05) is 7.11 Å². The van der Waals surface area contributed by atoms with Crippen molar-refractivity contribution in [2.24, 2.45) is 0 Å². The van der Waals surface area contributed by atoms with Crippen LogP contribution < -0.4 is 4.74 Å². The van der Waals surface area contributed by atoms with E-state index in [1.807, 2.05) is 18.2 Å². The van der Waals surface area contributed by atoms with Gasteiger partial charge in [0.05, 0.1) is 12.5 Å². The van der Waals surface area contributed by atoms with Crippen LogP contribution in [0.5, 0.6) is 5.75 Å². The van der Waals surface area contributed by atoms with E-state index in [-0.39, 0.29) is 0 Å². The second-order valence-electron chi connectivity index (χ2n) is 4.28. The van der Waals surface area contributed by atoms with Crippen LogP contribution in [0.2, 0.25) is 0 Å². The van der Waals surface area contributed by atoms with E-state index in [1.165, 1.54) is 5.56 Å². The Labute approximate surface area is 95.0 Å². The third-order valence-electron chi connectivity index (χ3n) is 3.35. The molecular formula is C13H16O3. The average Bonchev–Trinajstić information content (AvgIpc) is 3.09. The van der Waals surface area contributed by atoms with E-state index < -0.39 is 11.4 Å². The Hall–Kier alpha value is -1.51. The summed E-state index contributed by atoms with van der Waals surface area (Å²) in [6.07, 6.45) is 2.35. The lowest BCUT2D eigenvalue weighted by Gasteiger charge is -2.15. The first kappa shape index (κ1) is 11.0. The van der Waals surface area contributed by atoms with Gasteiger partial charge in [0.25, 0.3) is 0 Å². The van der Waals surface area contributed by atoms with E-state index in [1.54, 1.807) is 7.11 Å². The Kier molecular flexibility index (Phi) is 2.62. The number of carboxylic acids is 1. The summed E-state index contributed by atoms with van der Waals surface area (Å²) >= 11 is 0. The molecule has 0 amide bonds. The summed E-state index contributed by atoms with van der Waals surface area (Å²) in [4.78, 5) is 11.3. The van der Waals surface area contributed by atoms with Crippen molar-refractivity contribution in [3.8, 4) is 5.75 Å². The Morgan fingerprint density at radius 2 is 2.19 bits per heavy atom. The highest BCUT2D eigenvalue weighted by atomic mass is 16.5. The molecule has 0 spiro atoms. The highest BCUT2D eigenvalue weighted by Crippen LogP contribution is 2.51. The largest absolute Gasteiger partial charge is 0.496 e. The first-order valence-corrected chi connectivity index (χ1v) is 5.55. The fraction of sp³-hybridized carbons (Fsp3) is 0.462. The van der Waals surface area contributed by atoms with Gasteiger partial charge in [-0.3, -0.25) is 4.79 Å². The average molecular weight is 220 g/mol. The van der Waals surface area contributed by atoms with Crippen molar-refractivity contribution >= 4 is 5.97 Å². The molecule has 1 N–H and O–H groups in total. The van der Waals surface area contributed by atoms with E-state index in [4.69, 9.17) is 4.74 Å². The van der Waals surface area contributed by atoms with Gasteiger partial charge in [-0.1, -0.05) is 19.1 Å². The van der Waals surface area contributed by atoms with E-state index in [0.29, 0.717) is 18.6 Å². The van der Waals surface area contributed by atoms with Crippen molar-refractivity contribution in [3.05, 3.63) is 29.3 Å². The minimum Gasteiger partial charge on any atom is -0.496 e. The van der Waals surface area contributed by atoms with Crippen LogP contribution in [0.15, 0.2) is 18.2 Å². The molecule has 1 saturated carbocycles. The summed E-state index contributed by atoms with van der Waals surface area (Å²) in [5, 5.41) is 9.25. The fourth-order valence-electron chi connectivity index (χ4n) is 2.07. The Bertz CT molecular complexity index is 419. The lowest BCUT2D eigenvalue weighted by atomic mass is 9.93. The van der Waals surface area contributed by atoms with Crippen molar-refractivity contribution in [2.45, 2.75) is 31.6 Å². The molecule has 1 aromatic rings. The maximum atomic E-state index is 11.3. The van der Waals surface area contributed by atoms with Gasteiger partial charge in [-0.2, -0.15) is 0 Å². The molecule has 1 aliphatic rings. The van der Waals surface area contributed by atoms with Crippen LogP contribution in [0.4, 0.5) is 0 Å². The standard InChI is InChI=1S/C13H16O3/c1-3-9-4-5-10(11(8-9)16-2)13(6-7-13)12(14)15/h4-5,8H,3,6-7H2,1-2H3,(H,14,15). The normalized spacial score (nSPS) is 16.9. The third-order valence-corrected chi connectivity index (χ3v) is 3.35. The lowest BCUT2D eigenvalue weighted by Crippen LogP contribution is -2.20. The van der Waals surface area contributed by atoms with Crippen LogP contribution in [0.3, 0.4) is 0 Å². The number of aliphatic carboxylic acids is 1. The van der Waals surface area contributed by atoms with Crippen molar-refractivity contribution in [1.82, 2.24) is 0 Å². The van der Waals surface area contributed by atoms with Crippen LogP contribution >= 0.6 is 0 Å². The second kappa shape index (κ2) is 3.81. The number of aryl methyl sites for hydroxylation is 1. The van der Waals surface area contributed by atoms with Crippen LogP contribution in [0.1, 0.15) is 30.9 Å². The van der Waals surface area contributed by atoms with Crippen LogP contribution in [-0.4, -0.2) is 18.2 Å². The van der Waals surface area contributed by atoms with Gasteiger partial charge in [-0.25, -0.2) is 0 Å². The molecule has 2 rings (SSSR count). The zero-order valence-electron chi connectivity index (χ0n) is 9.62. The lowest BCUT2D eigenvalue weighted by molar-refractivity contribution is -0.140. The summed E-state index contributed by atoms with van der Waals surface area (Å²) in [5.74, 6) is -0.0331. The first-order chi connectivity index (χ1) is 7.64. The minimum absolute atomic E-state index is 0.683. The van der Waals surface area contributed by atoms with Crippen molar-refractivity contribution < 1.29 is 14.6 Å². The molecule has 1 aromatic carbocycles. The van der Waals surface area contributed by atoms with Crippen LogP contribution in [0.25, 0.3) is 0 Å². The van der Waals surface area contributed by atoms with Gasteiger partial charge >= 0.3 is 5.97 Å². The third kappa shape index (κ3) is 1.56. The summed E-state index contributed by atoms with van der Waals surface area (Å²) < 4.78 is 5.30. The molecule has 0 aromatic heterocycles. The van der Waals surface area contributed by atoms with Gasteiger partial charge in [0.2, 0.25) is 0 Å². The highest BCUT2D eigenvalue weighted by Gasteiger charge is 2.53. The topological polar surface area (TPSA) is 46.5 Å². The number of hydrogen-bond acceptors (Lipinski definition) is 2. The summed E-state index contributed by atoms with van der Waals surface area (Å²) in [6, 6.07) is 5.83. The molecule has 3 nitrogen and oxygen atoms in total. The molecule has 0 unspecified atom stereocenters. The van der Waals surface area contributed by atoms with E-state index in [2.05, 4.69) is 6.92 Å². The van der Waals surface area contributed by atoms with Gasteiger partial charge in [-0.05, 0) is 30.9 Å².